The molecule has 0 bridgehead atoms. The van der Waals surface area contributed by atoms with E-state index in [1.807, 2.05) is 0 Å². The molecule has 0 aromatic carbocycles. The summed E-state index contributed by atoms with van der Waals surface area (Å²) in [6.45, 7) is 4.54. The van der Waals surface area contributed by atoms with E-state index in [2.05, 4.69) is 19.8 Å². The molecule has 0 saturated heterocycles. The van der Waals surface area contributed by atoms with E-state index < -0.39 is 10.1 Å². The van der Waals surface area contributed by atoms with Gasteiger partial charge in [-0.05, 0) is 12.3 Å². The molecule has 0 spiro atoms. The molecule has 0 saturated carbocycles. The van der Waals surface area contributed by atoms with Crippen molar-refractivity contribution in [3.63, 3.8) is 0 Å². The van der Waals surface area contributed by atoms with Crippen LogP contribution in [0.5, 0.6) is 0 Å². The van der Waals surface area contributed by atoms with Gasteiger partial charge >= 0.3 is 0 Å². The van der Waals surface area contributed by atoms with Crippen LogP contribution in [0.15, 0.2) is 0 Å². The molecular weight excluding hydrogens is 240 g/mol. The van der Waals surface area contributed by atoms with Crippen molar-refractivity contribution in [1.82, 2.24) is 0 Å². The zero-order valence-corrected chi connectivity index (χ0v) is 11.5. The van der Waals surface area contributed by atoms with Crippen LogP contribution in [0.1, 0.15) is 33.1 Å². The van der Waals surface area contributed by atoms with Crippen LogP contribution in [0.4, 0.5) is 0 Å². The van der Waals surface area contributed by atoms with Gasteiger partial charge in [-0.1, -0.05) is 32.6 Å². The number of hydrogen-bond acceptors (Lipinski definition) is 4. The van der Waals surface area contributed by atoms with Crippen molar-refractivity contribution in [3.05, 3.63) is 0 Å². The summed E-state index contributed by atoms with van der Waals surface area (Å²) in [6, 6.07) is 0. The molecule has 0 aromatic heterocycles. The number of terminal acetylenes is 1. The minimum Gasteiger partial charge on any atom is -0.366 e. The van der Waals surface area contributed by atoms with Crippen molar-refractivity contribution in [1.29, 1.82) is 0 Å². The SMILES string of the molecule is C#CCOCCOS(=O)(=O)CCC(CC)CC. The molecule has 0 heterocycles. The molecule has 17 heavy (non-hydrogen) atoms. The standard InChI is InChI=1S/C12H22O4S/c1-4-8-15-9-10-16-17(13,14)11-7-12(5-2)6-3/h1,12H,5-11H2,2-3H3. The van der Waals surface area contributed by atoms with Gasteiger partial charge in [0.05, 0.1) is 19.0 Å². The lowest BCUT2D eigenvalue weighted by molar-refractivity contribution is 0.127. The predicted molar refractivity (Wildman–Crippen MR) is 68.1 cm³/mol. The second kappa shape index (κ2) is 9.46. The molecule has 0 aliphatic carbocycles. The highest BCUT2D eigenvalue weighted by Gasteiger charge is 2.14. The topological polar surface area (TPSA) is 52.6 Å². The number of hydrogen-bond donors (Lipinski definition) is 0. The maximum atomic E-state index is 11.5. The Balaban J connectivity index is 3.77. The van der Waals surface area contributed by atoms with Gasteiger partial charge in [0.1, 0.15) is 6.61 Å². The third-order valence-electron chi connectivity index (χ3n) is 2.61. The van der Waals surface area contributed by atoms with Crippen molar-refractivity contribution >= 4 is 10.1 Å². The minimum absolute atomic E-state index is 0.0347. The van der Waals surface area contributed by atoms with Crippen LogP contribution in [0.2, 0.25) is 0 Å². The van der Waals surface area contributed by atoms with Gasteiger partial charge in [0, 0.05) is 0 Å². The largest absolute Gasteiger partial charge is 0.366 e. The fourth-order valence-electron chi connectivity index (χ4n) is 1.42. The van der Waals surface area contributed by atoms with E-state index in [0.29, 0.717) is 12.3 Å². The summed E-state index contributed by atoms with van der Waals surface area (Å²) >= 11 is 0. The van der Waals surface area contributed by atoms with Gasteiger partial charge in [-0.15, -0.1) is 6.42 Å². The lowest BCUT2D eigenvalue weighted by atomic mass is 10.0. The smallest absolute Gasteiger partial charge is 0.267 e. The second-order valence-electron chi connectivity index (χ2n) is 3.81. The van der Waals surface area contributed by atoms with Crippen molar-refractivity contribution < 1.29 is 17.3 Å². The lowest BCUT2D eigenvalue weighted by Gasteiger charge is -2.11. The molecule has 0 N–H and O–H groups in total. The average Bonchev–Trinajstić information content (AvgIpc) is 2.30. The van der Waals surface area contributed by atoms with E-state index in [0.717, 1.165) is 12.8 Å². The van der Waals surface area contributed by atoms with E-state index in [4.69, 9.17) is 15.3 Å². The van der Waals surface area contributed by atoms with Crippen LogP contribution in [-0.4, -0.2) is 34.0 Å². The zero-order valence-electron chi connectivity index (χ0n) is 10.6. The van der Waals surface area contributed by atoms with Crippen LogP contribution in [0.25, 0.3) is 0 Å². The van der Waals surface area contributed by atoms with Gasteiger partial charge in [0.2, 0.25) is 0 Å². The van der Waals surface area contributed by atoms with Gasteiger partial charge < -0.3 is 4.74 Å². The monoisotopic (exact) mass is 262 g/mol. The quantitative estimate of drug-likeness (QED) is 0.342. The Labute approximate surface area is 105 Å². The van der Waals surface area contributed by atoms with E-state index in [-0.39, 0.29) is 25.6 Å². The third kappa shape index (κ3) is 9.16. The highest BCUT2D eigenvalue weighted by atomic mass is 32.2. The number of rotatable bonds is 10. The average molecular weight is 262 g/mol. The maximum Gasteiger partial charge on any atom is 0.267 e. The highest BCUT2D eigenvalue weighted by Crippen LogP contribution is 2.14. The molecule has 0 fully saturated rings. The first-order valence-corrected chi connectivity index (χ1v) is 7.51. The van der Waals surface area contributed by atoms with Gasteiger partial charge in [-0.3, -0.25) is 4.18 Å². The lowest BCUT2D eigenvalue weighted by Crippen LogP contribution is -2.16. The third-order valence-corrected chi connectivity index (χ3v) is 3.87. The molecule has 0 atom stereocenters. The molecule has 0 aromatic rings. The van der Waals surface area contributed by atoms with Crippen LogP contribution in [0, 0.1) is 18.3 Å². The van der Waals surface area contributed by atoms with Crippen LogP contribution < -0.4 is 0 Å². The second-order valence-corrected chi connectivity index (χ2v) is 5.57. The van der Waals surface area contributed by atoms with E-state index in [1.54, 1.807) is 0 Å². The Morgan fingerprint density at radius 2 is 1.88 bits per heavy atom. The van der Waals surface area contributed by atoms with Gasteiger partial charge in [0.25, 0.3) is 10.1 Å². The van der Waals surface area contributed by atoms with Crippen molar-refractivity contribution in [2.24, 2.45) is 5.92 Å². The van der Waals surface area contributed by atoms with Crippen molar-refractivity contribution in [3.8, 4) is 12.3 Å². The molecule has 100 valence electrons. The Kier molecular flexibility index (Phi) is 9.14. The summed E-state index contributed by atoms with van der Waals surface area (Å²) in [7, 11) is -3.42. The summed E-state index contributed by atoms with van der Waals surface area (Å²) in [5.41, 5.74) is 0. The van der Waals surface area contributed by atoms with Crippen molar-refractivity contribution in [2.45, 2.75) is 33.1 Å². The van der Waals surface area contributed by atoms with E-state index in [9.17, 15) is 8.42 Å². The predicted octanol–water partition coefficient (Wildman–Crippen LogP) is 1.81. The molecular formula is C12H22O4S. The Bertz CT molecular complexity index is 312. The summed E-state index contributed by atoms with van der Waals surface area (Å²) in [4.78, 5) is 0. The summed E-state index contributed by atoms with van der Waals surface area (Å²) < 4.78 is 32.7. The molecule has 0 radical (unpaired) electrons. The molecule has 0 aliphatic heterocycles. The first-order valence-electron chi connectivity index (χ1n) is 5.94. The Hall–Kier alpha value is -0.570. The van der Waals surface area contributed by atoms with E-state index >= 15 is 0 Å². The normalized spacial score (nSPS) is 11.6. The van der Waals surface area contributed by atoms with Gasteiger partial charge in [0.15, 0.2) is 0 Å². The highest BCUT2D eigenvalue weighted by molar-refractivity contribution is 7.86. The first kappa shape index (κ1) is 16.4. The first-order chi connectivity index (χ1) is 8.05. The maximum absolute atomic E-state index is 11.5. The van der Waals surface area contributed by atoms with Crippen LogP contribution in [-0.2, 0) is 19.0 Å². The molecule has 0 rings (SSSR count). The Morgan fingerprint density at radius 1 is 1.24 bits per heavy atom. The van der Waals surface area contributed by atoms with Crippen LogP contribution in [0.3, 0.4) is 0 Å². The fraction of sp³-hybridized carbons (Fsp3) is 0.833. The zero-order chi connectivity index (χ0) is 13.1. The molecule has 5 heteroatoms. The van der Waals surface area contributed by atoms with Gasteiger partial charge in [-0.2, -0.15) is 8.42 Å². The van der Waals surface area contributed by atoms with Gasteiger partial charge in [-0.25, -0.2) is 0 Å². The molecule has 0 amide bonds. The fourth-order valence-corrected chi connectivity index (χ4v) is 2.48. The molecule has 0 aliphatic rings. The minimum atomic E-state index is -3.42. The molecule has 4 nitrogen and oxygen atoms in total. The van der Waals surface area contributed by atoms with E-state index in [1.165, 1.54) is 0 Å². The summed E-state index contributed by atoms with van der Waals surface area (Å²) in [6.07, 6.45) is 7.62. The van der Waals surface area contributed by atoms with Crippen molar-refractivity contribution in [2.75, 3.05) is 25.6 Å². The summed E-state index contributed by atoms with van der Waals surface area (Å²) in [5.74, 6) is 2.82. The van der Waals surface area contributed by atoms with Crippen LogP contribution >= 0.6 is 0 Å². The summed E-state index contributed by atoms with van der Waals surface area (Å²) in [5, 5.41) is 0. The number of ether oxygens (including phenoxy) is 1. The molecule has 0 unspecified atom stereocenters. The Morgan fingerprint density at radius 3 is 2.41 bits per heavy atom.